The van der Waals surface area contributed by atoms with Crippen LogP contribution < -0.4 is 9.47 Å². The lowest BCUT2D eigenvalue weighted by Crippen LogP contribution is -2.00. The van der Waals surface area contributed by atoms with Crippen LogP contribution in [0.1, 0.15) is 30.3 Å². The lowest BCUT2D eigenvalue weighted by atomic mass is 10.2. The summed E-state index contributed by atoms with van der Waals surface area (Å²) in [6.07, 6.45) is 3.50. The van der Waals surface area contributed by atoms with Crippen molar-refractivity contribution in [3.8, 4) is 11.5 Å². The number of hydrogen-bond donors (Lipinski definition) is 1. The minimum absolute atomic E-state index is 0.460. The first-order valence-electron chi connectivity index (χ1n) is 8.86. The molecule has 6 nitrogen and oxygen atoms in total. The Hall–Kier alpha value is -2.45. The summed E-state index contributed by atoms with van der Waals surface area (Å²) in [5.41, 5.74) is 1.95. The van der Waals surface area contributed by atoms with Crippen molar-refractivity contribution in [3.63, 3.8) is 0 Å². The number of aromatic amines is 1. The molecular weight excluding hydrogens is 440 g/mol. The number of methoxy groups -OCH3 is 1. The SMILES string of the molecule is CCCc1n[nH]c(=S)n1/N=C/c1ccc(OCc2ccc(Br)cc2)c(OC)c1. The number of nitrogens with zero attached hydrogens (tertiary/aromatic N) is 3. The molecule has 0 saturated carbocycles. The Balaban J connectivity index is 1.75. The van der Waals surface area contributed by atoms with Gasteiger partial charge in [-0.25, -0.2) is 0 Å². The third-order valence-corrected chi connectivity index (χ3v) is 4.80. The Morgan fingerprint density at radius 1 is 1.21 bits per heavy atom. The monoisotopic (exact) mass is 460 g/mol. The number of H-pyrrole nitrogens is 1. The van der Waals surface area contributed by atoms with Crippen LogP contribution in [0.5, 0.6) is 11.5 Å². The predicted octanol–water partition coefficient (Wildman–Crippen LogP) is 5.13. The Morgan fingerprint density at radius 3 is 2.71 bits per heavy atom. The topological polar surface area (TPSA) is 64.4 Å². The molecule has 1 N–H and O–H groups in total. The fourth-order valence-electron chi connectivity index (χ4n) is 2.58. The van der Waals surface area contributed by atoms with Gasteiger partial charge >= 0.3 is 0 Å². The number of hydrogen-bond acceptors (Lipinski definition) is 5. The van der Waals surface area contributed by atoms with Crippen molar-refractivity contribution in [3.05, 3.63) is 68.7 Å². The van der Waals surface area contributed by atoms with Crippen LogP contribution in [0.15, 0.2) is 52.0 Å². The highest BCUT2D eigenvalue weighted by Crippen LogP contribution is 2.28. The van der Waals surface area contributed by atoms with Gasteiger partial charge in [0.25, 0.3) is 0 Å². The Kier molecular flexibility index (Phi) is 7.00. The number of halogens is 1. The molecule has 2 aromatic carbocycles. The number of nitrogens with one attached hydrogen (secondary N) is 1. The highest BCUT2D eigenvalue weighted by molar-refractivity contribution is 9.10. The zero-order valence-corrected chi connectivity index (χ0v) is 18.1. The van der Waals surface area contributed by atoms with Crippen molar-refractivity contribution < 1.29 is 9.47 Å². The van der Waals surface area contributed by atoms with Crippen molar-refractivity contribution in [1.82, 2.24) is 14.9 Å². The highest BCUT2D eigenvalue weighted by Gasteiger charge is 2.07. The second kappa shape index (κ2) is 9.66. The van der Waals surface area contributed by atoms with Crippen LogP contribution in [-0.4, -0.2) is 28.2 Å². The maximum atomic E-state index is 5.91. The minimum atomic E-state index is 0.460. The van der Waals surface area contributed by atoms with Crippen LogP contribution in [0.2, 0.25) is 0 Å². The molecule has 8 heteroatoms. The molecule has 0 spiro atoms. The molecule has 1 aromatic heterocycles. The maximum absolute atomic E-state index is 5.91. The van der Waals surface area contributed by atoms with Crippen molar-refractivity contribution in [1.29, 1.82) is 0 Å². The van der Waals surface area contributed by atoms with Crippen LogP contribution in [-0.2, 0) is 13.0 Å². The number of aryl methyl sites for hydroxylation is 1. The quantitative estimate of drug-likeness (QED) is 0.373. The summed E-state index contributed by atoms with van der Waals surface area (Å²) in [6.45, 7) is 2.55. The van der Waals surface area contributed by atoms with E-state index in [-0.39, 0.29) is 0 Å². The summed E-state index contributed by atoms with van der Waals surface area (Å²) < 4.78 is 14.5. The number of aromatic nitrogens is 3. The van der Waals surface area contributed by atoms with Crippen LogP contribution >= 0.6 is 28.1 Å². The van der Waals surface area contributed by atoms with Crippen LogP contribution in [0.25, 0.3) is 0 Å². The Labute approximate surface area is 177 Å². The third-order valence-electron chi connectivity index (χ3n) is 4.01. The smallest absolute Gasteiger partial charge is 0.216 e. The van der Waals surface area contributed by atoms with E-state index in [0.29, 0.717) is 22.9 Å². The molecule has 0 fully saturated rings. The van der Waals surface area contributed by atoms with E-state index >= 15 is 0 Å². The standard InChI is InChI=1S/C20H21BrN4O2S/c1-3-4-19-23-24-20(28)25(19)22-12-15-7-10-17(18(11-15)26-2)27-13-14-5-8-16(21)9-6-14/h5-12H,3-4,13H2,1-2H3,(H,24,28)/b22-12+. The number of rotatable bonds is 8. The molecular formula is C20H21BrN4O2S. The van der Waals surface area contributed by atoms with Gasteiger partial charge in [0, 0.05) is 10.9 Å². The zero-order chi connectivity index (χ0) is 19.9. The summed E-state index contributed by atoms with van der Waals surface area (Å²) in [4.78, 5) is 0. The van der Waals surface area contributed by atoms with E-state index < -0.39 is 0 Å². The summed E-state index contributed by atoms with van der Waals surface area (Å²) in [5.74, 6) is 2.13. The lowest BCUT2D eigenvalue weighted by molar-refractivity contribution is 0.284. The molecule has 0 aliphatic rings. The molecule has 0 saturated heterocycles. The second-order valence-electron chi connectivity index (χ2n) is 6.08. The first-order chi connectivity index (χ1) is 13.6. The highest BCUT2D eigenvalue weighted by atomic mass is 79.9. The molecule has 0 unspecified atom stereocenters. The van der Waals surface area contributed by atoms with Gasteiger partial charge in [-0.3, -0.25) is 5.10 Å². The van der Waals surface area contributed by atoms with E-state index in [0.717, 1.165) is 34.3 Å². The van der Waals surface area contributed by atoms with Gasteiger partial charge in [-0.05, 0) is 60.1 Å². The Bertz CT molecular complexity index is 1010. The zero-order valence-electron chi connectivity index (χ0n) is 15.7. The molecule has 146 valence electrons. The van der Waals surface area contributed by atoms with Crippen LogP contribution in [0, 0.1) is 4.77 Å². The molecule has 3 rings (SSSR count). The van der Waals surface area contributed by atoms with E-state index in [9.17, 15) is 0 Å². The average Bonchev–Trinajstić information content (AvgIpc) is 3.06. The number of benzene rings is 2. The maximum Gasteiger partial charge on any atom is 0.216 e. The van der Waals surface area contributed by atoms with Crippen molar-refractivity contribution >= 4 is 34.4 Å². The normalized spacial score (nSPS) is 11.1. The molecule has 3 aromatic rings. The molecule has 0 bridgehead atoms. The van der Waals surface area contributed by atoms with E-state index in [1.165, 1.54) is 0 Å². The largest absolute Gasteiger partial charge is 0.493 e. The summed E-state index contributed by atoms with van der Waals surface area (Å²) >= 11 is 8.68. The second-order valence-corrected chi connectivity index (χ2v) is 7.38. The van der Waals surface area contributed by atoms with Gasteiger partial charge in [0.2, 0.25) is 4.77 Å². The molecule has 28 heavy (non-hydrogen) atoms. The van der Waals surface area contributed by atoms with Gasteiger partial charge in [0.1, 0.15) is 6.61 Å². The van der Waals surface area contributed by atoms with Crippen LogP contribution in [0.3, 0.4) is 0 Å². The van der Waals surface area contributed by atoms with Crippen molar-refractivity contribution in [2.24, 2.45) is 5.10 Å². The third kappa shape index (κ3) is 5.08. The number of ether oxygens (including phenoxy) is 2. The van der Waals surface area contributed by atoms with E-state index in [1.807, 2.05) is 42.5 Å². The molecule has 1 heterocycles. The fraction of sp³-hybridized carbons (Fsp3) is 0.250. The van der Waals surface area contributed by atoms with Gasteiger partial charge in [-0.1, -0.05) is 35.0 Å². The van der Waals surface area contributed by atoms with Gasteiger partial charge < -0.3 is 9.47 Å². The lowest BCUT2D eigenvalue weighted by Gasteiger charge is -2.11. The summed E-state index contributed by atoms with van der Waals surface area (Å²) in [7, 11) is 1.62. The molecule has 0 atom stereocenters. The summed E-state index contributed by atoms with van der Waals surface area (Å²) in [5, 5.41) is 11.4. The van der Waals surface area contributed by atoms with Gasteiger partial charge in [-0.15, -0.1) is 0 Å². The average molecular weight is 461 g/mol. The summed E-state index contributed by atoms with van der Waals surface area (Å²) in [6, 6.07) is 13.7. The van der Waals surface area contributed by atoms with Gasteiger partial charge in [0.05, 0.1) is 13.3 Å². The fourth-order valence-corrected chi connectivity index (χ4v) is 3.04. The van der Waals surface area contributed by atoms with Crippen molar-refractivity contribution in [2.45, 2.75) is 26.4 Å². The van der Waals surface area contributed by atoms with E-state index in [4.69, 9.17) is 21.7 Å². The van der Waals surface area contributed by atoms with Crippen molar-refractivity contribution in [2.75, 3.05) is 7.11 Å². The van der Waals surface area contributed by atoms with E-state index in [1.54, 1.807) is 18.0 Å². The predicted molar refractivity (Wildman–Crippen MR) is 116 cm³/mol. The van der Waals surface area contributed by atoms with Crippen LogP contribution in [0.4, 0.5) is 0 Å². The molecule has 0 aliphatic heterocycles. The molecule has 0 radical (unpaired) electrons. The van der Waals surface area contributed by atoms with Gasteiger partial charge in [0.15, 0.2) is 17.3 Å². The first kappa shape index (κ1) is 20.3. The Morgan fingerprint density at radius 2 is 2.00 bits per heavy atom. The first-order valence-corrected chi connectivity index (χ1v) is 10.1. The molecule has 0 amide bonds. The minimum Gasteiger partial charge on any atom is -0.493 e. The molecule has 0 aliphatic carbocycles. The van der Waals surface area contributed by atoms with E-state index in [2.05, 4.69) is 38.2 Å². The van der Waals surface area contributed by atoms with Gasteiger partial charge in [-0.2, -0.15) is 14.9 Å².